The molecule has 43 heavy (non-hydrogen) atoms. The number of nitrogens with zero attached hydrogens (tertiary/aromatic N) is 5. The minimum absolute atomic E-state index is 0.114. The van der Waals surface area contributed by atoms with Crippen LogP contribution < -0.4 is 5.69 Å². The fourth-order valence-electron chi connectivity index (χ4n) is 6.51. The van der Waals surface area contributed by atoms with Crippen LogP contribution in [0, 0.1) is 5.92 Å². The molecule has 1 amide bonds. The van der Waals surface area contributed by atoms with E-state index in [2.05, 4.69) is 47.5 Å². The first-order chi connectivity index (χ1) is 21.0. The van der Waals surface area contributed by atoms with E-state index >= 15 is 0 Å². The quantitative estimate of drug-likeness (QED) is 0.244. The molecule has 0 spiro atoms. The molecule has 0 atom stereocenters. The third-order valence-electron chi connectivity index (χ3n) is 9.28. The molecular formula is C36H31N5O2. The number of aromatic nitrogens is 4. The number of hydrogen-bond acceptors (Lipinski definition) is 4. The molecule has 1 aliphatic carbocycles. The highest BCUT2D eigenvalue weighted by atomic mass is 16.2. The number of amides is 1. The van der Waals surface area contributed by atoms with Crippen LogP contribution in [0.5, 0.6) is 0 Å². The third kappa shape index (κ3) is 4.26. The number of rotatable bonds is 4. The Kier molecular flexibility index (Phi) is 6.00. The second-order valence-electron chi connectivity index (χ2n) is 11.8. The number of benzene rings is 3. The predicted molar refractivity (Wildman–Crippen MR) is 171 cm³/mol. The van der Waals surface area contributed by atoms with E-state index in [1.54, 1.807) is 22.4 Å². The van der Waals surface area contributed by atoms with Gasteiger partial charge in [0.25, 0.3) is 0 Å². The van der Waals surface area contributed by atoms with Gasteiger partial charge in [-0.15, -0.1) is 0 Å². The van der Waals surface area contributed by atoms with Gasteiger partial charge < -0.3 is 4.90 Å². The van der Waals surface area contributed by atoms with E-state index in [-0.39, 0.29) is 11.6 Å². The Labute approximate surface area is 248 Å². The SMILES string of the molecule is Cn1c(=O)n(-c2ccc(C3=CCN(C(=O)C4CCC4)CC3)cc2)c2c3cc(-c4cnc5ccccc5c4)ccc3ncc21. The molecule has 0 unspecified atom stereocenters. The molecule has 6 aromatic rings. The van der Waals surface area contributed by atoms with E-state index < -0.39 is 0 Å². The van der Waals surface area contributed by atoms with Gasteiger partial charge in [0, 0.05) is 48.6 Å². The van der Waals surface area contributed by atoms with Crippen LogP contribution in [0.25, 0.3) is 55.2 Å². The molecule has 7 heteroatoms. The standard InChI is InChI=1S/C36H31N5O2/c1-39-33-22-38-32-14-11-26(28-19-27-5-2-3-8-31(27)37-21-28)20-30(32)34(33)41(36(39)43)29-12-9-23(10-13-29)24-15-17-40(18-16-24)35(42)25-6-4-7-25/h2-3,5,8-15,19-22,25H,4,6-7,16-18H2,1H3. The van der Waals surface area contributed by atoms with Crippen LogP contribution in [0.3, 0.4) is 0 Å². The lowest BCUT2D eigenvalue weighted by molar-refractivity contribution is -0.137. The number of fused-ring (bicyclic) bond motifs is 4. The number of aryl methyl sites for hydroxylation is 1. The molecule has 2 aliphatic rings. The van der Waals surface area contributed by atoms with Crippen molar-refractivity contribution in [2.75, 3.05) is 13.1 Å². The molecule has 0 saturated heterocycles. The largest absolute Gasteiger partial charge is 0.338 e. The first-order valence-electron chi connectivity index (χ1n) is 15.0. The Morgan fingerprint density at radius 1 is 0.860 bits per heavy atom. The van der Waals surface area contributed by atoms with E-state index in [0.717, 1.165) is 81.0 Å². The Hall–Kier alpha value is -5.04. The first-order valence-corrected chi connectivity index (χ1v) is 15.0. The second-order valence-corrected chi connectivity index (χ2v) is 11.8. The summed E-state index contributed by atoms with van der Waals surface area (Å²) >= 11 is 0. The lowest BCUT2D eigenvalue weighted by Gasteiger charge is -2.33. The van der Waals surface area contributed by atoms with Crippen molar-refractivity contribution < 1.29 is 4.79 Å². The molecule has 7 nitrogen and oxygen atoms in total. The smallest absolute Gasteiger partial charge is 0.333 e. The summed E-state index contributed by atoms with van der Waals surface area (Å²) in [5.74, 6) is 0.550. The van der Waals surface area contributed by atoms with Crippen LogP contribution in [-0.2, 0) is 11.8 Å². The number of carbonyl (C=O) groups excluding carboxylic acids is 1. The maximum atomic E-state index is 13.6. The fourth-order valence-corrected chi connectivity index (χ4v) is 6.51. The average molecular weight is 566 g/mol. The Balaban J connectivity index is 1.17. The Morgan fingerprint density at radius 3 is 2.42 bits per heavy atom. The molecule has 3 aromatic heterocycles. The summed E-state index contributed by atoms with van der Waals surface area (Å²) in [4.78, 5) is 37.7. The molecule has 212 valence electrons. The first kappa shape index (κ1) is 25.7. The van der Waals surface area contributed by atoms with Crippen molar-refractivity contribution in [1.82, 2.24) is 24.0 Å². The molecule has 0 N–H and O–H groups in total. The molecule has 0 radical (unpaired) electrons. The van der Waals surface area contributed by atoms with Crippen molar-refractivity contribution in [2.24, 2.45) is 13.0 Å². The number of imidazole rings is 1. The Morgan fingerprint density at radius 2 is 1.65 bits per heavy atom. The monoisotopic (exact) mass is 565 g/mol. The van der Waals surface area contributed by atoms with Crippen molar-refractivity contribution in [3.05, 3.63) is 107 Å². The van der Waals surface area contributed by atoms with Crippen molar-refractivity contribution in [3.63, 3.8) is 0 Å². The van der Waals surface area contributed by atoms with Gasteiger partial charge in [-0.05, 0) is 72.4 Å². The molecule has 1 saturated carbocycles. The summed E-state index contributed by atoms with van der Waals surface area (Å²) in [5.41, 5.74) is 8.51. The number of hydrogen-bond donors (Lipinski definition) is 0. The van der Waals surface area contributed by atoms with Crippen LogP contribution >= 0.6 is 0 Å². The van der Waals surface area contributed by atoms with Gasteiger partial charge in [0.2, 0.25) is 5.91 Å². The highest BCUT2D eigenvalue weighted by Gasteiger charge is 2.30. The van der Waals surface area contributed by atoms with Crippen molar-refractivity contribution in [3.8, 4) is 16.8 Å². The van der Waals surface area contributed by atoms with E-state index in [9.17, 15) is 9.59 Å². The van der Waals surface area contributed by atoms with Crippen LogP contribution in [-0.4, -0.2) is 43.0 Å². The summed E-state index contributed by atoms with van der Waals surface area (Å²) < 4.78 is 3.46. The third-order valence-corrected chi connectivity index (χ3v) is 9.28. The van der Waals surface area contributed by atoms with Crippen molar-refractivity contribution in [1.29, 1.82) is 0 Å². The van der Waals surface area contributed by atoms with E-state index in [1.807, 2.05) is 47.5 Å². The van der Waals surface area contributed by atoms with Crippen LogP contribution in [0.15, 0.2) is 96.1 Å². The number of para-hydroxylation sites is 1. The fraction of sp³-hybridized carbons (Fsp3) is 0.222. The van der Waals surface area contributed by atoms with Gasteiger partial charge in [0.1, 0.15) is 0 Å². The average Bonchev–Trinajstić information content (AvgIpc) is 3.29. The zero-order valence-electron chi connectivity index (χ0n) is 24.0. The topological polar surface area (TPSA) is 73.0 Å². The molecule has 0 bridgehead atoms. The lowest BCUT2D eigenvalue weighted by atomic mass is 9.84. The van der Waals surface area contributed by atoms with Crippen LogP contribution in [0.1, 0.15) is 31.2 Å². The summed E-state index contributed by atoms with van der Waals surface area (Å²) in [5, 5.41) is 2.00. The molecule has 8 rings (SSSR count). The van der Waals surface area contributed by atoms with Gasteiger partial charge in [-0.2, -0.15) is 0 Å². The van der Waals surface area contributed by atoms with Gasteiger partial charge in [-0.3, -0.25) is 23.9 Å². The summed E-state index contributed by atoms with van der Waals surface area (Å²) in [7, 11) is 1.80. The maximum absolute atomic E-state index is 13.6. The molecule has 1 aliphatic heterocycles. The van der Waals surface area contributed by atoms with E-state index in [0.29, 0.717) is 12.5 Å². The highest BCUT2D eigenvalue weighted by Crippen LogP contribution is 2.33. The Bertz CT molecular complexity index is 2150. The lowest BCUT2D eigenvalue weighted by Crippen LogP contribution is -2.41. The molecule has 3 aromatic carbocycles. The maximum Gasteiger partial charge on any atom is 0.333 e. The normalized spacial score (nSPS) is 15.7. The number of pyridine rings is 2. The van der Waals surface area contributed by atoms with Crippen molar-refractivity contribution >= 4 is 44.3 Å². The van der Waals surface area contributed by atoms with Crippen LogP contribution in [0.2, 0.25) is 0 Å². The summed E-state index contributed by atoms with van der Waals surface area (Å²) in [6, 6.07) is 24.6. The van der Waals surface area contributed by atoms with Gasteiger partial charge in [-0.25, -0.2) is 4.79 Å². The van der Waals surface area contributed by atoms with Gasteiger partial charge in [-0.1, -0.05) is 48.9 Å². The van der Waals surface area contributed by atoms with Gasteiger partial charge in [0.05, 0.1) is 34.0 Å². The molecule has 1 fully saturated rings. The van der Waals surface area contributed by atoms with E-state index in [4.69, 9.17) is 4.98 Å². The minimum atomic E-state index is -0.114. The molecular weight excluding hydrogens is 534 g/mol. The van der Waals surface area contributed by atoms with E-state index in [1.165, 1.54) is 12.0 Å². The van der Waals surface area contributed by atoms with Gasteiger partial charge in [0.15, 0.2) is 0 Å². The predicted octanol–water partition coefficient (Wildman–Crippen LogP) is 6.51. The minimum Gasteiger partial charge on any atom is -0.338 e. The van der Waals surface area contributed by atoms with Crippen molar-refractivity contribution in [2.45, 2.75) is 25.7 Å². The summed E-state index contributed by atoms with van der Waals surface area (Å²) in [6.07, 6.45) is 9.95. The zero-order valence-corrected chi connectivity index (χ0v) is 24.0. The second kappa shape index (κ2) is 10.1. The van der Waals surface area contributed by atoms with Gasteiger partial charge >= 0.3 is 5.69 Å². The summed E-state index contributed by atoms with van der Waals surface area (Å²) in [6.45, 7) is 1.43. The van der Waals surface area contributed by atoms with Crippen LogP contribution in [0.4, 0.5) is 0 Å². The number of carbonyl (C=O) groups is 1. The zero-order chi connectivity index (χ0) is 29.1. The highest BCUT2D eigenvalue weighted by molar-refractivity contribution is 6.05. The molecule has 4 heterocycles.